The Labute approximate surface area is 124 Å². The maximum Gasteiger partial charge on any atom is 0.234 e. The van der Waals surface area contributed by atoms with Crippen LogP contribution < -0.4 is 0 Å². The number of rotatable bonds is 3. The van der Waals surface area contributed by atoms with Gasteiger partial charge in [0.25, 0.3) is 0 Å². The van der Waals surface area contributed by atoms with E-state index >= 15 is 0 Å². The number of halogens is 1. The van der Waals surface area contributed by atoms with Gasteiger partial charge in [0, 0.05) is 6.20 Å². The monoisotopic (exact) mass is 340 g/mol. The molecule has 1 atom stereocenters. The fraction of sp³-hybridized carbons (Fsp3) is 0.538. The average Bonchev–Trinajstić information content (AvgIpc) is 2.66. The first kappa shape index (κ1) is 14.7. The van der Waals surface area contributed by atoms with E-state index in [0.29, 0.717) is 5.78 Å². The Balaban J connectivity index is 2.44. The Hall–Kier alpha value is -0.723. The molecule has 1 unspecified atom stereocenters. The summed E-state index contributed by atoms with van der Waals surface area (Å²) in [6, 6.07) is 2.01. The largest absolute Gasteiger partial charge is 0.408 e. The van der Waals surface area contributed by atoms with E-state index in [4.69, 9.17) is 4.43 Å². The number of fused-ring (bicyclic) bond motifs is 1. The summed E-state index contributed by atoms with van der Waals surface area (Å²) in [6.45, 7) is 10.8. The Bertz CT molecular complexity index is 577. The summed E-state index contributed by atoms with van der Waals surface area (Å²) in [6.07, 6.45) is 3.74. The van der Waals surface area contributed by atoms with Crippen LogP contribution in [0.25, 0.3) is 5.78 Å². The van der Waals surface area contributed by atoms with E-state index in [9.17, 15) is 0 Å². The predicted molar refractivity (Wildman–Crippen MR) is 81.5 cm³/mol. The van der Waals surface area contributed by atoms with Crippen molar-refractivity contribution in [3.05, 3.63) is 28.8 Å². The van der Waals surface area contributed by atoms with Gasteiger partial charge in [-0.25, -0.2) is 9.97 Å². The van der Waals surface area contributed by atoms with Crippen molar-refractivity contribution in [2.45, 2.75) is 40.0 Å². The minimum absolute atomic E-state index is 0.00290. The lowest BCUT2D eigenvalue weighted by Gasteiger charge is -2.31. The molecule has 0 saturated heterocycles. The highest BCUT2D eigenvalue weighted by Crippen LogP contribution is 2.35. The number of nitrogens with zero attached hydrogens (tertiary/aromatic N) is 3. The van der Waals surface area contributed by atoms with Gasteiger partial charge in [-0.15, -0.1) is 0 Å². The molecule has 0 N–H and O–H groups in total. The molecule has 2 heterocycles. The molecule has 0 saturated carbocycles. The maximum absolute atomic E-state index is 6.15. The van der Waals surface area contributed by atoms with E-state index < -0.39 is 9.04 Å². The second-order valence-electron chi connectivity index (χ2n) is 5.88. The molecule has 0 spiro atoms. The lowest BCUT2D eigenvalue weighted by atomic mass is 9.87. The summed E-state index contributed by atoms with van der Waals surface area (Å²) >= 11 is 3.44. The van der Waals surface area contributed by atoms with Crippen LogP contribution in [0.2, 0.25) is 13.1 Å². The van der Waals surface area contributed by atoms with E-state index in [1.807, 2.05) is 16.7 Å². The van der Waals surface area contributed by atoms with Crippen LogP contribution in [0.15, 0.2) is 23.1 Å². The number of hydrogen-bond donors (Lipinski definition) is 0. The van der Waals surface area contributed by atoms with Crippen molar-refractivity contribution >= 4 is 30.7 Å². The Morgan fingerprint density at radius 1 is 1.37 bits per heavy atom. The van der Waals surface area contributed by atoms with Gasteiger partial charge in [-0.2, -0.15) is 0 Å². The first-order valence-electron chi connectivity index (χ1n) is 6.25. The van der Waals surface area contributed by atoms with Gasteiger partial charge in [-0.05, 0) is 40.5 Å². The van der Waals surface area contributed by atoms with Gasteiger partial charge in [0.1, 0.15) is 4.60 Å². The van der Waals surface area contributed by atoms with Crippen LogP contribution in [-0.2, 0) is 4.43 Å². The number of aromatic nitrogens is 3. The fourth-order valence-electron chi connectivity index (χ4n) is 1.92. The number of hydrogen-bond acceptors (Lipinski definition) is 3. The van der Waals surface area contributed by atoms with Gasteiger partial charge in [0.05, 0.1) is 18.0 Å². The van der Waals surface area contributed by atoms with E-state index in [2.05, 4.69) is 59.8 Å². The Morgan fingerprint density at radius 2 is 2.05 bits per heavy atom. The Kier molecular flexibility index (Phi) is 4.13. The molecule has 2 aromatic heterocycles. The predicted octanol–water partition coefficient (Wildman–Crippen LogP) is 3.85. The van der Waals surface area contributed by atoms with Gasteiger partial charge >= 0.3 is 0 Å². The van der Waals surface area contributed by atoms with Crippen molar-refractivity contribution < 1.29 is 4.43 Å². The third-order valence-electron chi connectivity index (χ3n) is 2.76. The molecule has 4 nitrogen and oxygen atoms in total. The van der Waals surface area contributed by atoms with Crippen LogP contribution in [0.4, 0.5) is 0 Å². The molecule has 2 rings (SSSR count). The normalized spacial score (nSPS) is 14.3. The average molecular weight is 341 g/mol. The van der Waals surface area contributed by atoms with Crippen molar-refractivity contribution in [2.75, 3.05) is 0 Å². The zero-order valence-electron chi connectivity index (χ0n) is 11.9. The minimum atomic E-state index is -0.787. The second-order valence-corrected chi connectivity index (χ2v) is 8.74. The molecule has 103 valence electrons. The summed E-state index contributed by atoms with van der Waals surface area (Å²) in [5.74, 6) is 0.697. The second kappa shape index (κ2) is 5.34. The van der Waals surface area contributed by atoms with Crippen LogP contribution in [0.1, 0.15) is 32.6 Å². The van der Waals surface area contributed by atoms with E-state index in [-0.39, 0.29) is 11.5 Å². The van der Waals surface area contributed by atoms with Crippen LogP contribution >= 0.6 is 15.9 Å². The first-order chi connectivity index (χ1) is 8.79. The molecule has 0 aliphatic carbocycles. The van der Waals surface area contributed by atoms with Crippen LogP contribution in [0.3, 0.4) is 0 Å². The van der Waals surface area contributed by atoms with E-state index in [1.54, 1.807) is 6.20 Å². The molecule has 0 bridgehead atoms. The molecule has 2 aromatic rings. The third-order valence-corrected chi connectivity index (χ3v) is 4.06. The SMILES string of the molecule is C[Si](C)OC(c1ccn2c(Br)cnc2n1)C(C)(C)C. The zero-order valence-corrected chi connectivity index (χ0v) is 14.5. The van der Waals surface area contributed by atoms with Crippen molar-refractivity contribution in [3.8, 4) is 0 Å². The fourth-order valence-corrected chi connectivity index (χ4v) is 3.24. The quantitative estimate of drug-likeness (QED) is 0.796. The molecule has 0 fully saturated rings. The summed E-state index contributed by atoms with van der Waals surface area (Å²) in [5.41, 5.74) is 0.959. The molecule has 0 aliphatic heterocycles. The van der Waals surface area contributed by atoms with Crippen molar-refractivity contribution in [1.82, 2.24) is 14.4 Å². The molecule has 0 amide bonds. The highest BCUT2D eigenvalue weighted by Gasteiger charge is 2.29. The van der Waals surface area contributed by atoms with E-state index in [1.165, 1.54) is 0 Å². The van der Waals surface area contributed by atoms with Crippen molar-refractivity contribution in [2.24, 2.45) is 5.41 Å². The topological polar surface area (TPSA) is 39.4 Å². The van der Waals surface area contributed by atoms with Crippen molar-refractivity contribution in [3.63, 3.8) is 0 Å². The summed E-state index contributed by atoms with van der Waals surface area (Å²) in [5, 5.41) is 0. The van der Waals surface area contributed by atoms with Crippen LogP contribution in [0.5, 0.6) is 0 Å². The summed E-state index contributed by atoms with van der Waals surface area (Å²) < 4.78 is 8.96. The highest BCUT2D eigenvalue weighted by atomic mass is 79.9. The molecule has 0 aromatic carbocycles. The molecular formula is C13H19BrN3OSi. The van der Waals surface area contributed by atoms with Crippen LogP contribution in [0, 0.1) is 5.41 Å². The Morgan fingerprint density at radius 3 is 2.63 bits per heavy atom. The molecule has 19 heavy (non-hydrogen) atoms. The third kappa shape index (κ3) is 3.24. The summed E-state index contributed by atoms with van der Waals surface area (Å²) in [4.78, 5) is 8.91. The lowest BCUT2D eigenvalue weighted by molar-refractivity contribution is 0.0828. The van der Waals surface area contributed by atoms with Crippen molar-refractivity contribution in [1.29, 1.82) is 0 Å². The molecule has 0 aliphatic rings. The lowest BCUT2D eigenvalue weighted by Crippen LogP contribution is -2.26. The molecule has 1 radical (unpaired) electrons. The highest BCUT2D eigenvalue weighted by molar-refractivity contribution is 9.10. The standard InChI is InChI=1S/C13H19BrN3OSi/c1-13(2,3)11(18-19(4)5)9-6-7-17-10(14)8-15-12(17)16-9/h6-8,11H,1-5H3. The molecular weight excluding hydrogens is 322 g/mol. The molecule has 6 heteroatoms. The van der Waals surface area contributed by atoms with Gasteiger partial charge in [0.15, 0.2) is 0 Å². The summed E-state index contributed by atoms with van der Waals surface area (Å²) in [7, 11) is -0.787. The minimum Gasteiger partial charge on any atom is -0.408 e. The number of imidazole rings is 1. The maximum atomic E-state index is 6.15. The van der Waals surface area contributed by atoms with E-state index in [0.717, 1.165) is 10.3 Å². The van der Waals surface area contributed by atoms with Gasteiger partial charge in [0.2, 0.25) is 14.8 Å². The van der Waals surface area contributed by atoms with Crippen LogP contribution in [-0.4, -0.2) is 23.4 Å². The van der Waals surface area contributed by atoms with Gasteiger partial charge in [-0.1, -0.05) is 20.8 Å². The zero-order chi connectivity index (χ0) is 14.2. The van der Waals surface area contributed by atoms with Gasteiger partial charge in [-0.3, -0.25) is 4.40 Å². The van der Waals surface area contributed by atoms with Gasteiger partial charge < -0.3 is 4.43 Å². The first-order valence-corrected chi connectivity index (χ1v) is 9.45. The smallest absolute Gasteiger partial charge is 0.234 e.